The van der Waals surface area contributed by atoms with Crippen molar-refractivity contribution in [3.8, 4) is 6.07 Å². The average Bonchev–Trinajstić information content (AvgIpc) is 2.75. The molecule has 3 rings (SSSR count). The number of halogens is 6. The summed E-state index contributed by atoms with van der Waals surface area (Å²) in [5, 5.41) is 14.2. The fraction of sp³-hybridized carbons (Fsp3) is 0.125. The van der Waals surface area contributed by atoms with E-state index in [4.69, 9.17) is 5.26 Å². The van der Waals surface area contributed by atoms with Crippen LogP contribution in [0.4, 0.5) is 25.2 Å². The number of hydrogen-bond donors (Lipinski definition) is 0. The fourth-order valence-corrected chi connectivity index (χ4v) is 7.83. The first-order valence-corrected chi connectivity index (χ1v) is 13.7. The van der Waals surface area contributed by atoms with Gasteiger partial charge in [-0.15, -0.1) is 0 Å². The van der Waals surface area contributed by atoms with Gasteiger partial charge in [-0.3, -0.25) is 0 Å². The second-order valence-electron chi connectivity index (χ2n) is 7.21. The van der Waals surface area contributed by atoms with Gasteiger partial charge in [0.25, 0.3) is 0 Å². The molecule has 176 valence electrons. The van der Waals surface area contributed by atoms with E-state index in [2.05, 4.69) is 104 Å². The quantitative estimate of drug-likeness (QED) is 0.181. The Balaban J connectivity index is 0.000000479. The van der Waals surface area contributed by atoms with E-state index >= 15 is 0 Å². The van der Waals surface area contributed by atoms with Gasteiger partial charge < -0.3 is 0 Å². The number of unbranched alkanes of at least 4 members (excludes halogenated alkanes) is 1. The van der Waals surface area contributed by atoms with Crippen molar-refractivity contribution in [2.24, 2.45) is 0 Å². The molecule has 0 aliphatic heterocycles. The van der Waals surface area contributed by atoms with E-state index < -0.39 is 15.1 Å². The summed E-state index contributed by atoms with van der Waals surface area (Å²) in [5.41, 5.74) is 0. The standard InChI is InChI=1S/C24H23NP.F6P/c1-21(13-11-12-20-25)26(22-14-5-2-6-15-22,23-16-7-3-8-17-23)24-18-9-4-10-19-24;1-7(2,3,4,5)6/h2-10,14-19H,1,11-13H2;/q+1;-1. The Morgan fingerprint density at radius 2 is 1.00 bits per heavy atom. The van der Waals surface area contributed by atoms with Crippen LogP contribution in [0.25, 0.3) is 0 Å². The third-order valence-electron chi connectivity index (χ3n) is 4.66. The summed E-state index contributed by atoms with van der Waals surface area (Å²) in [5.74, 6) is 0. The number of nitriles is 1. The Labute approximate surface area is 190 Å². The van der Waals surface area contributed by atoms with Crippen molar-refractivity contribution in [3.63, 3.8) is 0 Å². The minimum absolute atomic E-state index is 0.567. The van der Waals surface area contributed by atoms with Gasteiger partial charge in [0.15, 0.2) is 0 Å². The SMILES string of the molecule is C=C(CCCC#N)[P+](c1ccccc1)(c1ccccc1)c1ccccc1.F[P-](F)(F)(F)(F)F. The molecule has 0 radical (unpaired) electrons. The van der Waals surface area contributed by atoms with E-state index in [0.717, 1.165) is 12.8 Å². The molecule has 0 bridgehead atoms. The summed E-state index contributed by atoms with van der Waals surface area (Å²) >= 11 is 0. The number of hydrogen-bond acceptors (Lipinski definition) is 1. The molecule has 0 unspecified atom stereocenters. The van der Waals surface area contributed by atoms with Crippen molar-refractivity contribution < 1.29 is 25.2 Å². The van der Waals surface area contributed by atoms with Crippen LogP contribution in [0.2, 0.25) is 0 Å². The molecule has 0 amide bonds. The van der Waals surface area contributed by atoms with Crippen molar-refractivity contribution >= 4 is 31.0 Å². The number of nitrogens with zero attached hydrogens (tertiary/aromatic N) is 1. The van der Waals surface area contributed by atoms with Crippen molar-refractivity contribution in [1.29, 1.82) is 5.26 Å². The normalized spacial score (nSPS) is 13.5. The van der Waals surface area contributed by atoms with Crippen LogP contribution < -0.4 is 15.9 Å². The molecule has 0 aliphatic rings. The molecule has 0 N–H and O–H groups in total. The summed E-state index contributed by atoms with van der Waals surface area (Å²) in [6.07, 6.45) is 2.28. The summed E-state index contributed by atoms with van der Waals surface area (Å²) in [6.45, 7) is 4.57. The molecule has 0 heterocycles. The minimum atomic E-state index is -10.7. The van der Waals surface area contributed by atoms with Crippen molar-refractivity contribution in [2.75, 3.05) is 0 Å². The third-order valence-corrected chi connectivity index (χ3v) is 9.05. The molecule has 0 aliphatic carbocycles. The molecule has 0 fully saturated rings. The van der Waals surface area contributed by atoms with Crippen LogP contribution in [0, 0.1) is 11.3 Å². The van der Waals surface area contributed by atoms with Gasteiger partial charge in [0, 0.05) is 12.8 Å². The van der Waals surface area contributed by atoms with E-state index in [1.807, 2.05) is 0 Å². The van der Waals surface area contributed by atoms with E-state index in [1.54, 1.807) is 0 Å². The number of benzene rings is 3. The molecule has 0 saturated heterocycles. The Bertz CT molecular complexity index is 987. The monoisotopic (exact) mass is 501 g/mol. The fourth-order valence-electron chi connectivity index (χ4n) is 3.49. The van der Waals surface area contributed by atoms with Crippen molar-refractivity contribution in [3.05, 3.63) is 103 Å². The van der Waals surface area contributed by atoms with Gasteiger partial charge in [-0.05, 0) is 42.8 Å². The molecule has 9 heteroatoms. The molecular formula is C24H23F6NP2. The zero-order valence-electron chi connectivity index (χ0n) is 17.6. The Morgan fingerprint density at radius 3 is 1.27 bits per heavy atom. The molecule has 33 heavy (non-hydrogen) atoms. The average molecular weight is 501 g/mol. The van der Waals surface area contributed by atoms with Crippen LogP contribution >= 0.6 is 15.1 Å². The van der Waals surface area contributed by atoms with Gasteiger partial charge in [0.1, 0.15) is 23.2 Å². The first kappa shape index (κ1) is 26.6. The summed E-state index contributed by atoms with van der Waals surface area (Å²) in [6, 6.07) is 34.5. The molecule has 1 nitrogen and oxygen atoms in total. The zero-order chi connectivity index (χ0) is 24.7. The maximum absolute atomic E-state index is 10.7. The Morgan fingerprint density at radius 1 is 0.697 bits per heavy atom. The summed E-state index contributed by atoms with van der Waals surface area (Å²) in [4.78, 5) is 0. The second-order valence-corrected chi connectivity index (χ2v) is 12.7. The van der Waals surface area contributed by atoms with Crippen molar-refractivity contribution in [2.45, 2.75) is 19.3 Å². The maximum atomic E-state index is 9.87. The Kier molecular flexibility index (Phi) is 7.79. The van der Waals surface area contributed by atoms with Crippen LogP contribution in [0.3, 0.4) is 0 Å². The van der Waals surface area contributed by atoms with E-state index in [0.29, 0.717) is 6.42 Å². The molecular weight excluding hydrogens is 478 g/mol. The van der Waals surface area contributed by atoms with Gasteiger partial charge in [-0.2, -0.15) is 5.26 Å². The number of allylic oxidation sites excluding steroid dienone is 1. The van der Waals surface area contributed by atoms with Crippen LogP contribution in [-0.2, 0) is 0 Å². The Hall–Kier alpha value is -2.67. The molecule has 3 aromatic carbocycles. The van der Waals surface area contributed by atoms with Crippen LogP contribution in [-0.4, -0.2) is 0 Å². The van der Waals surface area contributed by atoms with E-state index in [1.165, 1.54) is 21.2 Å². The predicted molar refractivity (Wildman–Crippen MR) is 127 cm³/mol. The van der Waals surface area contributed by atoms with E-state index in [9.17, 15) is 25.2 Å². The topological polar surface area (TPSA) is 23.8 Å². The first-order valence-electron chi connectivity index (χ1n) is 9.92. The molecule has 0 spiro atoms. The summed E-state index contributed by atoms with van der Waals surface area (Å²) in [7, 11) is -12.6. The van der Waals surface area contributed by atoms with Gasteiger partial charge in [0.2, 0.25) is 0 Å². The zero-order valence-corrected chi connectivity index (χ0v) is 19.4. The van der Waals surface area contributed by atoms with Crippen LogP contribution in [0.5, 0.6) is 0 Å². The van der Waals surface area contributed by atoms with Gasteiger partial charge in [0.05, 0.1) is 11.4 Å². The van der Waals surface area contributed by atoms with Crippen LogP contribution in [0.1, 0.15) is 19.3 Å². The summed E-state index contributed by atoms with van der Waals surface area (Å²) < 4.78 is 59.2. The third kappa shape index (κ3) is 8.65. The molecule has 3 aromatic rings. The molecule has 0 aromatic heterocycles. The molecule has 0 saturated carbocycles. The van der Waals surface area contributed by atoms with Crippen molar-refractivity contribution in [1.82, 2.24) is 0 Å². The second kappa shape index (κ2) is 9.67. The van der Waals surface area contributed by atoms with Gasteiger partial charge in [-0.25, -0.2) is 0 Å². The van der Waals surface area contributed by atoms with E-state index in [-0.39, 0.29) is 0 Å². The van der Waals surface area contributed by atoms with Crippen LogP contribution in [0.15, 0.2) is 103 Å². The van der Waals surface area contributed by atoms with Gasteiger partial charge in [-0.1, -0.05) is 61.2 Å². The van der Waals surface area contributed by atoms with Gasteiger partial charge >= 0.3 is 33.0 Å². The molecule has 0 atom stereocenters. The predicted octanol–water partition coefficient (Wildman–Crippen LogP) is 8.57. The number of rotatable bonds is 7. The first-order chi connectivity index (χ1) is 15.2.